The minimum Gasteiger partial charge on any atom is -0.493 e. The molecule has 0 spiro atoms. The van der Waals surface area contributed by atoms with Crippen molar-refractivity contribution in [1.29, 1.82) is 0 Å². The highest BCUT2D eigenvalue weighted by molar-refractivity contribution is 5.88. The summed E-state index contributed by atoms with van der Waals surface area (Å²) in [5, 5.41) is 0.974. The second-order valence-corrected chi connectivity index (χ2v) is 3.32. The molecule has 1 heterocycles. The third-order valence-electron chi connectivity index (χ3n) is 2.35. The molecule has 3 nitrogen and oxygen atoms in total. The van der Waals surface area contributed by atoms with Gasteiger partial charge in [0.15, 0.2) is 11.5 Å². The molecule has 0 N–H and O–H groups in total. The van der Waals surface area contributed by atoms with E-state index in [0.717, 1.165) is 28.1 Å². The van der Waals surface area contributed by atoms with E-state index < -0.39 is 0 Å². The molecule has 0 aliphatic heterocycles. The molecule has 0 aliphatic carbocycles. The molecule has 0 fully saturated rings. The van der Waals surface area contributed by atoms with Crippen LogP contribution in [-0.2, 0) is 0 Å². The van der Waals surface area contributed by atoms with Crippen molar-refractivity contribution < 1.29 is 9.47 Å². The van der Waals surface area contributed by atoms with Gasteiger partial charge >= 0.3 is 0 Å². The van der Waals surface area contributed by atoms with Crippen LogP contribution in [0.2, 0.25) is 0 Å². The number of aromatic nitrogens is 1. The summed E-state index contributed by atoms with van der Waals surface area (Å²) in [6.07, 6.45) is 0. The fraction of sp³-hybridized carbons (Fsp3) is 0.250. The van der Waals surface area contributed by atoms with Crippen LogP contribution < -0.4 is 9.47 Å². The van der Waals surface area contributed by atoms with Gasteiger partial charge in [-0.15, -0.1) is 0 Å². The zero-order valence-electron chi connectivity index (χ0n) is 9.07. The molecule has 2 aromatic rings. The number of nitrogens with zero attached hydrogens (tertiary/aromatic N) is 1. The molecule has 2 rings (SSSR count). The molecule has 15 heavy (non-hydrogen) atoms. The number of hydrogen-bond acceptors (Lipinski definition) is 3. The molecule has 3 heteroatoms. The Kier molecular flexibility index (Phi) is 2.46. The fourth-order valence-electron chi connectivity index (χ4n) is 1.63. The highest BCUT2D eigenvalue weighted by atomic mass is 16.5. The first-order valence-corrected chi connectivity index (χ1v) is 4.74. The predicted octanol–water partition coefficient (Wildman–Crippen LogP) is 2.56. The molecule has 0 aliphatic rings. The van der Waals surface area contributed by atoms with Gasteiger partial charge in [0.1, 0.15) is 0 Å². The molecular weight excluding hydrogens is 190 g/mol. The summed E-state index contributed by atoms with van der Waals surface area (Å²) in [6, 6.07) is 7.76. The average molecular weight is 203 g/mol. The zero-order chi connectivity index (χ0) is 10.8. The lowest BCUT2D eigenvalue weighted by Crippen LogP contribution is -1.93. The van der Waals surface area contributed by atoms with Crippen LogP contribution in [0.3, 0.4) is 0 Å². The van der Waals surface area contributed by atoms with Crippen LogP contribution in [0.4, 0.5) is 0 Å². The first-order chi connectivity index (χ1) is 7.26. The van der Waals surface area contributed by atoms with Crippen LogP contribution in [0, 0.1) is 6.92 Å². The van der Waals surface area contributed by atoms with Crippen molar-refractivity contribution in [3.05, 3.63) is 30.0 Å². The van der Waals surface area contributed by atoms with Crippen molar-refractivity contribution in [3.63, 3.8) is 0 Å². The minimum absolute atomic E-state index is 0.732. The maximum atomic E-state index is 5.32. The Morgan fingerprint density at radius 1 is 1.00 bits per heavy atom. The zero-order valence-corrected chi connectivity index (χ0v) is 9.07. The largest absolute Gasteiger partial charge is 0.493 e. The molecule has 0 saturated heterocycles. The lowest BCUT2D eigenvalue weighted by atomic mass is 10.1. The number of rotatable bonds is 2. The third kappa shape index (κ3) is 1.61. The van der Waals surface area contributed by atoms with Crippen molar-refractivity contribution in [2.75, 3.05) is 14.2 Å². The maximum absolute atomic E-state index is 5.32. The van der Waals surface area contributed by atoms with Crippen LogP contribution >= 0.6 is 0 Å². The topological polar surface area (TPSA) is 31.4 Å². The number of pyridine rings is 1. The van der Waals surface area contributed by atoms with Gasteiger partial charge in [-0.05, 0) is 31.2 Å². The highest BCUT2D eigenvalue weighted by Gasteiger charge is 2.08. The summed E-state index contributed by atoms with van der Waals surface area (Å²) in [6.45, 7) is 1.97. The number of hydrogen-bond donors (Lipinski definition) is 0. The van der Waals surface area contributed by atoms with Crippen molar-refractivity contribution in [2.45, 2.75) is 6.92 Å². The van der Waals surface area contributed by atoms with E-state index in [1.807, 2.05) is 31.2 Å². The average Bonchev–Trinajstić information content (AvgIpc) is 2.27. The number of methoxy groups -OCH3 is 2. The van der Waals surface area contributed by atoms with Gasteiger partial charge in [-0.25, -0.2) is 0 Å². The van der Waals surface area contributed by atoms with Gasteiger partial charge in [-0.3, -0.25) is 4.98 Å². The van der Waals surface area contributed by atoms with Crippen molar-refractivity contribution in [2.24, 2.45) is 0 Å². The Morgan fingerprint density at radius 2 is 1.80 bits per heavy atom. The normalized spacial score (nSPS) is 10.3. The van der Waals surface area contributed by atoms with Crippen LogP contribution in [0.25, 0.3) is 10.9 Å². The second kappa shape index (κ2) is 3.77. The van der Waals surface area contributed by atoms with E-state index in [1.54, 1.807) is 14.2 Å². The first kappa shape index (κ1) is 9.77. The van der Waals surface area contributed by atoms with Gasteiger partial charge in [0.2, 0.25) is 0 Å². The van der Waals surface area contributed by atoms with Crippen LogP contribution in [0.5, 0.6) is 11.5 Å². The summed E-state index contributed by atoms with van der Waals surface area (Å²) in [7, 11) is 3.27. The highest BCUT2D eigenvalue weighted by Crippen LogP contribution is 2.34. The van der Waals surface area contributed by atoms with Gasteiger partial charge in [0.25, 0.3) is 0 Å². The summed E-state index contributed by atoms with van der Waals surface area (Å²) >= 11 is 0. The Bertz CT molecular complexity index is 494. The van der Waals surface area contributed by atoms with E-state index in [1.165, 1.54) is 0 Å². The van der Waals surface area contributed by atoms with Gasteiger partial charge < -0.3 is 9.47 Å². The SMILES string of the molecule is COc1ccc2nc(C)ccc2c1OC. The third-order valence-corrected chi connectivity index (χ3v) is 2.35. The Hall–Kier alpha value is -1.77. The van der Waals surface area contributed by atoms with E-state index in [4.69, 9.17) is 9.47 Å². The molecule has 1 aromatic heterocycles. The summed E-state index contributed by atoms with van der Waals surface area (Å²) in [5.41, 5.74) is 1.92. The molecule has 1 aromatic carbocycles. The summed E-state index contributed by atoms with van der Waals surface area (Å²) < 4.78 is 10.5. The molecule has 78 valence electrons. The summed E-state index contributed by atoms with van der Waals surface area (Å²) in [5.74, 6) is 1.47. The van der Waals surface area contributed by atoms with Crippen molar-refractivity contribution in [3.8, 4) is 11.5 Å². The second-order valence-electron chi connectivity index (χ2n) is 3.32. The molecule has 0 unspecified atom stereocenters. The van der Waals surface area contributed by atoms with Crippen LogP contribution in [-0.4, -0.2) is 19.2 Å². The maximum Gasteiger partial charge on any atom is 0.170 e. The molecular formula is C12H13NO2. The molecule has 0 bridgehead atoms. The number of fused-ring (bicyclic) bond motifs is 1. The van der Waals surface area contributed by atoms with E-state index in [0.29, 0.717) is 0 Å². The summed E-state index contributed by atoms with van der Waals surface area (Å²) in [4.78, 5) is 4.42. The Balaban J connectivity index is 2.76. The molecule has 0 amide bonds. The molecule has 0 radical (unpaired) electrons. The minimum atomic E-state index is 0.732. The molecule has 0 atom stereocenters. The predicted molar refractivity (Wildman–Crippen MR) is 59.6 cm³/mol. The van der Waals surface area contributed by atoms with Crippen molar-refractivity contribution >= 4 is 10.9 Å². The van der Waals surface area contributed by atoms with E-state index >= 15 is 0 Å². The van der Waals surface area contributed by atoms with Gasteiger partial charge in [0, 0.05) is 11.1 Å². The van der Waals surface area contributed by atoms with Gasteiger partial charge in [-0.2, -0.15) is 0 Å². The monoisotopic (exact) mass is 203 g/mol. The van der Waals surface area contributed by atoms with E-state index in [2.05, 4.69) is 4.98 Å². The Labute approximate surface area is 88.7 Å². The van der Waals surface area contributed by atoms with Gasteiger partial charge in [-0.1, -0.05) is 0 Å². The fourth-order valence-corrected chi connectivity index (χ4v) is 1.63. The first-order valence-electron chi connectivity index (χ1n) is 4.74. The van der Waals surface area contributed by atoms with E-state index in [-0.39, 0.29) is 0 Å². The lowest BCUT2D eigenvalue weighted by molar-refractivity contribution is 0.358. The Morgan fingerprint density at radius 3 is 2.47 bits per heavy atom. The van der Waals surface area contributed by atoms with Gasteiger partial charge in [0.05, 0.1) is 19.7 Å². The standard InChI is InChI=1S/C12H13NO2/c1-8-4-5-9-10(13-8)6-7-11(14-2)12(9)15-3/h4-7H,1-3H3. The number of benzene rings is 1. The van der Waals surface area contributed by atoms with Crippen LogP contribution in [0.15, 0.2) is 24.3 Å². The van der Waals surface area contributed by atoms with Crippen molar-refractivity contribution in [1.82, 2.24) is 4.98 Å². The van der Waals surface area contributed by atoms with E-state index in [9.17, 15) is 0 Å². The van der Waals surface area contributed by atoms with Crippen LogP contribution in [0.1, 0.15) is 5.69 Å². The quantitative estimate of drug-likeness (QED) is 0.751. The smallest absolute Gasteiger partial charge is 0.170 e. The molecule has 0 saturated carbocycles. The number of ether oxygens (including phenoxy) is 2. The lowest BCUT2D eigenvalue weighted by Gasteiger charge is -2.10. The number of aryl methyl sites for hydroxylation is 1.